The molecule has 0 spiro atoms. The highest BCUT2D eigenvalue weighted by atomic mass is 28.3. The van der Waals surface area contributed by atoms with Gasteiger partial charge in [0.05, 0.1) is 19.1 Å². The van der Waals surface area contributed by atoms with E-state index in [4.69, 9.17) is 4.74 Å². The predicted molar refractivity (Wildman–Crippen MR) is 67.7 cm³/mol. The average molecular weight is 239 g/mol. The summed E-state index contributed by atoms with van der Waals surface area (Å²) < 4.78 is 4.73. The van der Waals surface area contributed by atoms with E-state index in [0.29, 0.717) is 6.54 Å². The molecular weight excluding hydrogens is 218 g/mol. The minimum Gasteiger partial charge on any atom is -0.469 e. The summed E-state index contributed by atoms with van der Waals surface area (Å²) in [6.07, 6.45) is 1.82. The molecule has 0 unspecified atom stereocenters. The van der Waals surface area contributed by atoms with Gasteiger partial charge in [-0.05, 0) is 12.8 Å². The van der Waals surface area contributed by atoms with Crippen molar-refractivity contribution in [1.29, 1.82) is 0 Å². The molecule has 1 fully saturated rings. The van der Waals surface area contributed by atoms with Gasteiger partial charge >= 0.3 is 5.97 Å². The second kappa shape index (κ2) is 5.51. The van der Waals surface area contributed by atoms with Crippen LogP contribution in [0.4, 0.5) is 0 Å². The van der Waals surface area contributed by atoms with Crippen molar-refractivity contribution in [2.75, 3.05) is 13.7 Å². The molecule has 0 saturated carbocycles. The smallest absolute Gasteiger partial charge is 0.309 e. The van der Waals surface area contributed by atoms with E-state index in [1.807, 2.05) is 0 Å². The Morgan fingerprint density at radius 1 is 1.38 bits per heavy atom. The molecule has 0 aromatic carbocycles. The fourth-order valence-corrected chi connectivity index (χ4v) is 2.26. The third-order valence-corrected chi connectivity index (χ3v) is 3.46. The number of carbonyl (C=O) groups excluding carboxylic acids is 1. The largest absolute Gasteiger partial charge is 0.469 e. The fourth-order valence-electron chi connectivity index (χ4n) is 1.65. The lowest BCUT2D eigenvalue weighted by Gasteiger charge is -2.25. The monoisotopic (exact) mass is 239 g/mol. The highest BCUT2D eigenvalue weighted by Crippen LogP contribution is 2.15. The zero-order valence-electron chi connectivity index (χ0n) is 10.6. The van der Waals surface area contributed by atoms with E-state index < -0.39 is 8.07 Å². The summed E-state index contributed by atoms with van der Waals surface area (Å²) in [5, 5.41) is 3.30. The minimum atomic E-state index is -1.28. The summed E-state index contributed by atoms with van der Waals surface area (Å²) in [7, 11) is 0.164. The van der Waals surface area contributed by atoms with Crippen LogP contribution in [0.15, 0.2) is 0 Å². The molecule has 0 bridgehead atoms. The highest BCUT2D eigenvalue weighted by molar-refractivity contribution is 6.83. The molecule has 0 amide bonds. The van der Waals surface area contributed by atoms with Crippen molar-refractivity contribution in [3.05, 3.63) is 0 Å². The summed E-state index contributed by atoms with van der Waals surface area (Å²) in [5.41, 5.74) is 3.36. The molecule has 2 atom stereocenters. The normalized spacial score (nSPS) is 25.5. The molecule has 1 aliphatic rings. The highest BCUT2D eigenvalue weighted by Gasteiger charge is 2.25. The lowest BCUT2D eigenvalue weighted by Crippen LogP contribution is -2.41. The first-order valence-electron chi connectivity index (χ1n) is 5.76. The van der Waals surface area contributed by atoms with E-state index in [1.165, 1.54) is 7.11 Å². The molecule has 1 N–H and O–H groups in total. The number of methoxy groups -OCH3 is 1. The third-order valence-electron chi connectivity index (χ3n) is 2.57. The van der Waals surface area contributed by atoms with Crippen LogP contribution in [0.2, 0.25) is 19.6 Å². The maximum Gasteiger partial charge on any atom is 0.309 e. The Morgan fingerprint density at radius 2 is 2.06 bits per heavy atom. The van der Waals surface area contributed by atoms with Crippen molar-refractivity contribution in [3.63, 3.8) is 0 Å². The standard InChI is InChI=1S/C12H21NO2Si/c1-15-12(14)10-5-6-11(13-9-10)7-8-16(2,3)4/h10-11,13H,5-6,9H2,1-4H3/t10-,11+/m1/s1. The number of hydrogen-bond acceptors (Lipinski definition) is 3. The Kier molecular flexibility index (Phi) is 4.57. The Balaban J connectivity index is 2.43. The summed E-state index contributed by atoms with van der Waals surface area (Å²) in [5.74, 6) is 3.19. The van der Waals surface area contributed by atoms with Crippen LogP contribution in [0.3, 0.4) is 0 Å². The Bertz CT molecular complexity index is 303. The van der Waals surface area contributed by atoms with Crippen molar-refractivity contribution in [1.82, 2.24) is 5.32 Å². The van der Waals surface area contributed by atoms with Gasteiger partial charge in [0.1, 0.15) is 8.07 Å². The van der Waals surface area contributed by atoms with Crippen LogP contribution >= 0.6 is 0 Å². The van der Waals surface area contributed by atoms with Gasteiger partial charge in [-0.1, -0.05) is 25.6 Å². The third kappa shape index (κ3) is 4.38. The molecule has 1 aliphatic heterocycles. The molecule has 16 heavy (non-hydrogen) atoms. The minimum absolute atomic E-state index is 0.00920. The molecule has 0 radical (unpaired) electrons. The number of carbonyl (C=O) groups is 1. The van der Waals surface area contributed by atoms with E-state index in [9.17, 15) is 4.79 Å². The number of piperidine rings is 1. The molecule has 1 heterocycles. The quantitative estimate of drug-likeness (QED) is 0.427. The van der Waals surface area contributed by atoms with Gasteiger partial charge in [-0.25, -0.2) is 0 Å². The van der Waals surface area contributed by atoms with Crippen molar-refractivity contribution in [2.24, 2.45) is 5.92 Å². The van der Waals surface area contributed by atoms with Crippen LogP contribution < -0.4 is 5.32 Å². The van der Waals surface area contributed by atoms with Gasteiger partial charge in [0.2, 0.25) is 0 Å². The molecule has 90 valence electrons. The van der Waals surface area contributed by atoms with Gasteiger partial charge in [0.25, 0.3) is 0 Å². The average Bonchev–Trinajstić information content (AvgIpc) is 2.25. The van der Waals surface area contributed by atoms with Gasteiger partial charge < -0.3 is 10.1 Å². The number of hydrogen-bond donors (Lipinski definition) is 1. The number of ether oxygens (including phenoxy) is 1. The number of rotatable bonds is 1. The van der Waals surface area contributed by atoms with E-state index in [-0.39, 0.29) is 17.9 Å². The van der Waals surface area contributed by atoms with Gasteiger partial charge in [0.15, 0.2) is 0 Å². The van der Waals surface area contributed by atoms with E-state index in [0.717, 1.165) is 12.8 Å². The van der Waals surface area contributed by atoms with Crippen molar-refractivity contribution in [3.8, 4) is 11.5 Å². The molecule has 1 saturated heterocycles. The van der Waals surface area contributed by atoms with E-state index in [1.54, 1.807) is 0 Å². The summed E-state index contributed by atoms with van der Waals surface area (Å²) in [4.78, 5) is 11.3. The van der Waals surface area contributed by atoms with Crippen LogP contribution in [-0.2, 0) is 9.53 Å². The van der Waals surface area contributed by atoms with Crippen LogP contribution in [0, 0.1) is 17.4 Å². The second-order valence-electron chi connectivity index (χ2n) is 5.28. The molecule has 0 aliphatic carbocycles. The molecular formula is C12H21NO2Si. The summed E-state index contributed by atoms with van der Waals surface area (Å²) in [6.45, 7) is 7.40. The van der Waals surface area contributed by atoms with Crippen LogP contribution in [0.25, 0.3) is 0 Å². The van der Waals surface area contributed by atoms with E-state index in [2.05, 4.69) is 36.4 Å². The predicted octanol–water partition coefficient (Wildman–Crippen LogP) is 1.41. The summed E-state index contributed by atoms with van der Waals surface area (Å²) >= 11 is 0. The van der Waals surface area contributed by atoms with Gasteiger partial charge in [0, 0.05) is 6.54 Å². The Labute approximate surface area is 99.0 Å². The van der Waals surface area contributed by atoms with Crippen LogP contribution in [0.1, 0.15) is 12.8 Å². The number of nitrogens with one attached hydrogen (secondary N) is 1. The van der Waals surface area contributed by atoms with Crippen LogP contribution in [-0.4, -0.2) is 33.7 Å². The first kappa shape index (κ1) is 13.3. The maximum atomic E-state index is 11.3. The first-order chi connectivity index (χ1) is 7.42. The second-order valence-corrected chi connectivity index (χ2v) is 10.0. The number of esters is 1. The van der Waals surface area contributed by atoms with Gasteiger partial charge in [-0.15, -0.1) is 5.54 Å². The van der Waals surface area contributed by atoms with Gasteiger partial charge in [-0.3, -0.25) is 4.79 Å². The SMILES string of the molecule is COC(=O)[C@@H]1CC[C@@H](C#C[Si](C)(C)C)NC1. The molecule has 3 nitrogen and oxygen atoms in total. The molecule has 1 rings (SSSR count). The lowest BCUT2D eigenvalue weighted by atomic mass is 9.95. The molecule has 0 aromatic heterocycles. The maximum absolute atomic E-state index is 11.3. The van der Waals surface area contributed by atoms with E-state index >= 15 is 0 Å². The summed E-state index contributed by atoms with van der Waals surface area (Å²) in [6, 6.07) is 0.257. The van der Waals surface area contributed by atoms with Crippen molar-refractivity contribution in [2.45, 2.75) is 38.5 Å². The Morgan fingerprint density at radius 3 is 2.50 bits per heavy atom. The zero-order valence-corrected chi connectivity index (χ0v) is 11.6. The molecule has 4 heteroatoms. The fraction of sp³-hybridized carbons (Fsp3) is 0.750. The Hall–Kier alpha value is -0.793. The topological polar surface area (TPSA) is 38.3 Å². The van der Waals surface area contributed by atoms with Crippen LogP contribution in [0.5, 0.6) is 0 Å². The van der Waals surface area contributed by atoms with Gasteiger partial charge in [-0.2, -0.15) is 0 Å². The first-order valence-corrected chi connectivity index (χ1v) is 9.26. The van der Waals surface area contributed by atoms with Crippen molar-refractivity contribution < 1.29 is 9.53 Å². The molecule has 0 aromatic rings. The van der Waals surface area contributed by atoms with Crippen molar-refractivity contribution >= 4 is 14.0 Å². The lowest BCUT2D eigenvalue weighted by molar-refractivity contribution is -0.146. The zero-order chi connectivity index (χ0) is 12.2.